The lowest BCUT2D eigenvalue weighted by atomic mass is 9.75. The topological polar surface area (TPSA) is 26.3 Å². The minimum Gasteiger partial charge on any atom is -0.300 e. The molecule has 0 N–H and O–H groups in total. The van der Waals surface area contributed by atoms with Crippen LogP contribution in [-0.4, -0.2) is 18.8 Å². The molecule has 31 heavy (non-hydrogen) atoms. The predicted molar refractivity (Wildman–Crippen MR) is 126 cm³/mol. The van der Waals surface area contributed by atoms with Crippen LogP contribution >= 0.6 is 0 Å². The van der Waals surface area contributed by atoms with Gasteiger partial charge in [0.1, 0.15) is 5.78 Å². The Kier molecular flexibility index (Phi) is 12.7. The third-order valence-corrected chi connectivity index (χ3v) is 5.33. The Morgan fingerprint density at radius 3 is 1.19 bits per heavy atom. The van der Waals surface area contributed by atoms with Gasteiger partial charge in [0.2, 0.25) is 0 Å². The number of hydrogen-bond acceptors (Lipinski definition) is 2. The Morgan fingerprint density at radius 2 is 1.10 bits per heavy atom. The van der Waals surface area contributed by atoms with E-state index in [1.807, 2.05) is 0 Å². The Morgan fingerprint density at radius 1 is 0.742 bits per heavy atom. The third kappa shape index (κ3) is 21.0. The first-order valence-corrected chi connectivity index (χ1v) is 11.5. The van der Waals surface area contributed by atoms with E-state index in [0.29, 0.717) is 17.3 Å². The zero-order valence-electron chi connectivity index (χ0n) is 22.6. The molecule has 188 valence electrons. The SMILES string of the molecule is CC(=O)CC(C)(C)C.CC(C)(C)C1CCC(C(C)(C)C)C1.CC(C)(C)COC(F)(F)F. The molecule has 5 heteroatoms. The van der Waals surface area contributed by atoms with E-state index in [1.165, 1.54) is 19.3 Å². The van der Waals surface area contributed by atoms with Crippen molar-refractivity contribution < 1.29 is 22.7 Å². The molecule has 0 aromatic heterocycles. The first kappa shape index (κ1) is 32.6. The molecule has 0 amide bonds. The summed E-state index contributed by atoms with van der Waals surface area (Å²) in [5, 5.41) is 0. The van der Waals surface area contributed by atoms with E-state index < -0.39 is 11.8 Å². The zero-order chi connectivity index (χ0) is 25.5. The Balaban J connectivity index is 0. The summed E-state index contributed by atoms with van der Waals surface area (Å²) in [4.78, 5) is 10.5. The maximum Gasteiger partial charge on any atom is 0.522 e. The molecule has 2 unspecified atom stereocenters. The van der Waals surface area contributed by atoms with Crippen LogP contribution in [0.1, 0.15) is 116 Å². The molecule has 0 aliphatic heterocycles. The molecule has 0 radical (unpaired) electrons. The normalized spacial score (nSPS) is 20.4. The number of alkyl halides is 3. The molecule has 0 saturated heterocycles. The van der Waals surface area contributed by atoms with Crippen molar-refractivity contribution in [2.75, 3.05) is 6.61 Å². The van der Waals surface area contributed by atoms with Crippen molar-refractivity contribution in [3.8, 4) is 0 Å². The van der Waals surface area contributed by atoms with Crippen LogP contribution in [0.2, 0.25) is 0 Å². The van der Waals surface area contributed by atoms with E-state index in [-0.39, 0.29) is 17.8 Å². The van der Waals surface area contributed by atoms with Crippen molar-refractivity contribution in [2.45, 2.75) is 122 Å². The number of carbonyl (C=O) groups excluding carboxylic acids is 1. The highest BCUT2D eigenvalue weighted by Gasteiger charge is 2.37. The van der Waals surface area contributed by atoms with Crippen LogP contribution in [0.15, 0.2) is 0 Å². The first-order valence-electron chi connectivity index (χ1n) is 11.5. The molecule has 1 aliphatic carbocycles. The summed E-state index contributed by atoms with van der Waals surface area (Å²) in [5.74, 6) is 2.19. The summed E-state index contributed by atoms with van der Waals surface area (Å²) in [6.45, 7) is 26.9. The molecule has 0 spiro atoms. The predicted octanol–water partition coefficient (Wildman–Crippen LogP) is 9.08. The van der Waals surface area contributed by atoms with Gasteiger partial charge in [-0.15, -0.1) is 13.2 Å². The minimum atomic E-state index is -4.49. The largest absolute Gasteiger partial charge is 0.522 e. The molecule has 2 nitrogen and oxygen atoms in total. The van der Waals surface area contributed by atoms with Gasteiger partial charge < -0.3 is 4.79 Å². The van der Waals surface area contributed by atoms with Crippen molar-refractivity contribution in [3.05, 3.63) is 0 Å². The molecule has 2 atom stereocenters. The minimum absolute atomic E-state index is 0.172. The van der Waals surface area contributed by atoms with Crippen molar-refractivity contribution in [3.63, 3.8) is 0 Å². The van der Waals surface area contributed by atoms with Crippen LogP contribution in [0.25, 0.3) is 0 Å². The van der Waals surface area contributed by atoms with Crippen LogP contribution in [0, 0.1) is 33.5 Å². The van der Waals surface area contributed by atoms with Crippen LogP contribution in [0.4, 0.5) is 13.2 Å². The monoisotopic (exact) mass is 452 g/mol. The average molecular weight is 453 g/mol. The number of ether oxygens (including phenoxy) is 1. The van der Waals surface area contributed by atoms with E-state index >= 15 is 0 Å². The summed E-state index contributed by atoms with van der Waals surface area (Å²) in [5.41, 5.74) is 0.793. The van der Waals surface area contributed by atoms with Gasteiger partial charge in [0, 0.05) is 6.42 Å². The number of ketones is 1. The number of hydrogen-bond donors (Lipinski definition) is 0. The number of Topliss-reactive ketones (excluding diaryl/α,β-unsaturated/α-hetero) is 1. The Hall–Kier alpha value is -0.580. The molecular weight excluding hydrogens is 401 g/mol. The van der Waals surface area contributed by atoms with E-state index in [4.69, 9.17) is 0 Å². The lowest BCUT2D eigenvalue weighted by Crippen LogP contribution is -2.22. The maximum atomic E-state index is 11.4. The van der Waals surface area contributed by atoms with E-state index in [1.54, 1.807) is 27.7 Å². The zero-order valence-corrected chi connectivity index (χ0v) is 22.6. The van der Waals surface area contributed by atoms with Crippen molar-refractivity contribution >= 4 is 5.78 Å². The van der Waals surface area contributed by atoms with Gasteiger partial charge in [-0.05, 0) is 59.7 Å². The molecule has 0 aromatic rings. The molecule has 1 aliphatic rings. The second kappa shape index (κ2) is 12.0. The van der Waals surface area contributed by atoms with Crippen molar-refractivity contribution in [1.29, 1.82) is 0 Å². The quantitative estimate of drug-likeness (QED) is 0.417. The molecule has 1 fully saturated rings. The summed E-state index contributed by atoms with van der Waals surface area (Å²) >= 11 is 0. The van der Waals surface area contributed by atoms with Gasteiger partial charge in [0.15, 0.2) is 0 Å². The van der Waals surface area contributed by atoms with Crippen LogP contribution < -0.4 is 0 Å². The van der Waals surface area contributed by atoms with Crippen LogP contribution in [-0.2, 0) is 9.53 Å². The van der Waals surface area contributed by atoms with Crippen LogP contribution in [0.3, 0.4) is 0 Å². The van der Waals surface area contributed by atoms with Gasteiger partial charge in [-0.1, -0.05) is 83.1 Å². The molecule has 0 heterocycles. The number of rotatable bonds is 2. The van der Waals surface area contributed by atoms with E-state index in [9.17, 15) is 18.0 Å². The average Bonchev–Trinajstić information content (AvgIpc) is 2.92. The summed E-state index contributed by atoms with van der Waals surface area (Å²) < 4.78 is 37.7. The second-order valence-corrected chi connectivity index (χ2v) is 13.7. The number of halogens is 3. The summed E-state index contributed by atoms with van der Waals surface area (Å²) in [7, 11) is 0. The summed E-state index contributed by atoms with van der Waals surface area (Å²) in [6, 6.07) is 0. The number of carbonyl (C=O) groups is 1. The van der Waals surface area contributed by atoms with Gasteiger partial charge in [-0.2, -0.15) is 0 Å². The molecule has 0 aromatic carbocycles. The first-order chi connectivity index (χ1) is 13.3. The fourth-order valence-electron chi connectivity index (χ4n) is 3.60. The highest BCUT2D eigenvalue weighted by Crippen LogP contribution is 2.48. The van der Waals surface area contributed by atoms with Crippen molar-refractivity contribution in [2.24, 2.45) is 33.5 Å². The van der Waals surface area contributed by atoms with Gasteiger partial charge >= 0.3 is 6.36 Å². The lowest BCUT2D eigenvalue weighted by molar-refractivity contribution is -0.331. The fraction of sp³-hybridized carbons (Fsp3) is 0.962. The van der Waals surface area contributed by atoms with E-state index in [0.717, 1.165) is 11.8 Å². The standard InChI is InChI=1S/C13H26.C7H14O.C6H11F3O/c1-12(2,3)10-7-8-11(9-10)13(4,5)6;1-6(8)5-7(2,3)4;1-5(2,3)4-10-6(7,8)9/h10-11H,7-9H2,1-6H3;5H2,1-4H3;4H2,1-3H3. The Labute approximate surface area is 191 Å². The lowest BCUT2D eigenvalue weighted by Gasteiger charge is -2.30. The Bertz CT molecular complexity index is 475. The molecular formula is C26H51F3O2. The fourth-order valence-corrected chi connectivity index (χ4v) is 3.60. The second-order valence-electron chi connectivity index (χ2n) is 13.7. The highest BCUT2D eigenvalue weighted by molar-refractivity contribution is 5.76. The van der Waals surface area contributed by atoms with E-state index in [2.05, 4.69) is 67.1 Å². The van der Waals surface area contributed by atoms with Gasteiger partial charge in [0.25, 0.3) is 0 Å². The smallest absolute Gasteiger partial charge is 0.300 e. The highest BCUT2D eigenvalue weighted by atomic mass is 19.4. The van der Waals surface area contributed by atoms with Crippen molar-refractivity contribution in [1.82, 2.24) is 0 Å². The molecule has 1 rings (SSSR count). The third-order valence-electron chi connectivity index (χ3n) is 5.33. The van der Waals surface area contributed by atoms with Gasteiger partial charge in [-0.25, -0.2) is 0 Å². The van der Waals surface area contributed by atoms with Crippen LogP contribution in [0.5, 0.6) is 0 Å². The summed E-state index contributed by atoms with van der Waals surface area (Å²) in [6.07, 6.45) is 0.546. The molecule has 1 saturated carbocycles. The molecule has 0 bridgehead atoms. The van der Waals surface area contributed by atoms with Gasteiger partial charge in [0.05, 0.1) is 6.61 Å². The maximum absolute atomic E-state index is 11.4. The van der Waals surface area contributed by atoms with Gasteiger partial charge in [-0.3, -0.25) is 4.74 Å².